The lowest BCUT2D eigenvalue weighted by Gasteiger charge is -2.23. The summed E-state index contributed by atoms with van der Waals surface area (Å²) < 4.78 is 12.9. The van der Waals surface area contributed by atoms with E-state index in [-0.39, 0.29) is 5.82 Å². The van der Waals surface area contributed by atoms with Gasteiger partial charge in [-0.2, -0.15) is 0 Å². The lowest BCUT2D eigenvalue weighted by molar-refractivity contribution is -0.142. The van der Waals surface area contributed by atoms with Crippen molar-refractivity contribution in [3.05, 3.63) is 30.1 Å². The van der Waals surface area contributed by atoms with Crippen LogP contribution in [0.2, 0.25) is 0 Å². The van der Waals surface area contributed by atoms with Crippen molar-refractivity contribution in [2.75, 3.05) is 12.8 Å². The molecule has 1 atom stereocenters. The first-order valence-corrected chi connectivity index (χ1v) is 5.77. The van der Waals surface area contributed by atoms with Gasteiger partial charge in [-0.05, 0) is 32.2 Å². The molecule has 1 rings (SSSR count). The number of nitrogens with one attached hydrogen (secondary N) is 1. The summed E-state index contributed by atoms with van der Waals surface area (Å²) in [5, 5.41) is 11.8. The Balaban J connectivity index is 2.66. The van der Waals surface area contributed by atoms with Crippen molar-refractivity contribution in [2.24, 2.45) is 0 Å². The molecule has 0 amide bonds. The first-order chi connectivity index (χ1) is 7.48. The van der Waals surface area contributed by atoms with Gasteiger partial charge in [0.25, 0.3) is 0 Å². The van der Waals surface area contributed by atoms with E-state index in [1.165, 1.54) is 23.9 Å². The minimum atomic E-state index is -1.00. The molecule has 0 bridgehead atoms. The van der Waals surface area contributed by atoms with E-state index in [2.05, 4.69) is 5.32 Å². The van der Waals surface area contributed by atoms with Crippen molar-refractivity contribution in [1.82, 2.24) is 5.32 Å². The molecule has 0 spiro atoms. The van der Waals surface area contributed by atoms with E-state index in [0.717, 1.165) is 4.90 Å². The summed E-state index contributed by atoms with van der Waals surface area (Å²) in [4.78, 5) is 11.7. The average Bonchev–Trinajstić information content (AvgIpc) is 2.26. The third kappa shape index (κ3) is 3.21. The first kappa shape index (κ1) is 13.0. The predicted molar refractivity (Wildman–Crippen MR) is 62.2 cm³/mol. The van der Waals surface area contributed by atoms with Crippen LogP contribution in [0.25, 0.3) is 0 Å². The second kappa shape index (κ2) is 5.32. The summed E-state index contributed by atoms with van der Waals surface area (Å²) in [5.41, 5.74) is -1.00. The van der Waals surface area contributed by atoms with Gasteiger partial charge in [0.1, 0.15) is 11.4 Å². The number of benzene rings is 1. The highest BCUT2D eigenvalue weighted by Gasteiger charge is 2.31. The highest BCUT2D eigenvalue weighted by atomic mass is 32.2. The molecule has 3 nitrogen and oxygen atoms in total. The summed E-state index contributed by atoms with van der Waals surface area (Å²) in [5.74, 6) is -0.896. The zero-order valence-corrected chi connectivity index (χ0v) is 9.97. The van der Waals surface area contributed by atoms with Crippen molar-refractivity contribution in [2.45, 2.75) is 17.4 Å². The van der Waals surface area contributed by atoms with Gasteiger partial charge in [0.2, 0.25) is 0 Å². The van der Waals surface area contributed by atoms with Crippen LogP contribution in [0, 0.1) is 5.82 Å². The van der Waals surface area contributed by atoms with Gasteiger partial charge in [0.15, 0.2) is 0 Å². The van der Waals surface area contributed by atoms with Gasteiger partial charge >= 0.3 is 5.97 Å². The van der Waals surface area contributed by atoms with Crippen LogP contribution in [0.1, 0.15) is 6.92 Å². The molecule has 0 fully saturated rings. The van der Waals surface area contributed by atoms with Crippen molar-refractivity contribution in [1.29, 1.82) is 0 Å². The van der Waals surface area contributed by atoms with E-state index in [4.69, 9.17) is 5.11 Å². The molecular weight excluding hydrogens is 229 g/mol. The molecule has 0 radical (unpaired) electrons. The summed E-state index contributed by atoms with van der Waals surface area (Å²) in [6.45, 7) is 1.60. The van der Waals surface area contributed by atoms with Crippen LogP contribution in [0.15, 0.2) is 29.2 Å². The molecule has 5 heteroatoms. The number of rotatable bonds is 5. The Kier molecular flexibility index (Phi) is 4.32. The normalized spacial score (nSPS) is 14.4. The minimum absolute atomic E-state index is 0.313. The number of hydrogen-bond donors (Lipinski definition) is 2. The third-order valence-corrected chi connectivity index (χ3v) is 3.66. The molecule has 0 aliphatic rings. The van der Waals surface area contributed by atoms with Gasteiger partial charge < -0.3 is 10.4 Å². The number of carboxylic acid groups (broad SMARTS) is 1. The summed E-state index contributed by atoms with van der Waals surface area (Å²) in [6.07, 6.45) is 0. The fourth-order valence-corrected chi connectivity index (χ4v) is 2.12. The van der Waals surface area contributed by atoms with E-state index in [0.29, 0.717) is 5.75 Å². The number of aliphatic carboxylic acids is 1. The first-order valence-electron chi connectivity index (χ1n) is 4.78. The van der Waals surface area contributed by atoms with Crippen LogP contribution in [0.5, 0.6) is 0 Å². The molecule has 0 heterocycles. The number of halogens is 1. The predicted octanol–water partition coefficient (Wildman–Crippen LogP) is 1.98. The Bertz CT molecular complexity index is 386. The van der Waals surface area contributed by atoms with E-state index in [1.54, 1.807) is 26.1 Å². The van der Waals surface area contributed by atoms with Gasteiger partial charge in [-0.3, -0.25) is 4.79 Å². The van der Waals surface area contributed by atoms with Gasteiger partial charge in [-0.1, -0.05) is 6.07 Å². The Morgan fingerprint density at radius 3 is 2.81 bits per heavy atom. The molecule has 0 saturated heterocycles. The van der Waals surface area contributed by atoms with E-state index >= 15 is 0 Å². The van der Waals surface area contributed by atoms with Gasteiger partial charge in [-0.15, -0.1) is 11.8 Å². The van der Waals surface area contributed by atoms with Crippen molar-refractivity contribution < 1.29 is 14.3 Å². The molecule has 88 valence electrons. The molecule has 0 aliphatic carbocycles. The van der Waals surface area contributed by atoms with Crippen LogP contribution >= 0.6 is 11.8 Å². The van der Waals surface area contributed by atoms with E-state index in [9.17, 15) is 9.18 Å². The maximum absolute atomic E-state index is 12.9. The Morgan fingerprint density at radius 2 is 2.31 bits per heavy atom. The zero-order valence-electron chi connectivity index (χ0n) is 9.16. The molecule has 2 N–H and O–H groups in total. The largest absolute Gasteiger partial charge is 0.480 e. The number of carbonyl (C=O) groups is 1. The van der Waals surface area contributed by atoms with Crippen molar-refractivity contribution in [3.8, 4) is 0 Å². The number of hydrogen-bond acceptors (Lipinski definition) is 3. The quantitative estimate of drug-likeness (QED) is 0.776. The SMILES string of the molecule is CNC(C)(CSc1cccc(F)c1)C(=O)O. The molecule has 16 heavy (non-hydrogen) atoms. The fraction of sp³-hybridized carbons (Fsp3) is 0.364. The lowest BCUT2D eigenvalue weighted by Crippen LogP contribution is -2.49. The summed E-state index contributed by atoms with van der Waals surface area (Å²) >= 11 is 1.31. The molecule has 0 aromatic heterocycles. The lowest BCUT2D eigenvalue weighted by atomic mass is 10.1. The fourth-order valence-electron chi connectivity index (χ4n) is 1.03. The monoisotopic (exact) mass is 243 g/mol. The van der Waals surface area contributed by atoms with E-state index < -0.39 is 11.5 Å². The standard InChI is InChI=1S/C11H14FNO2S/c1-11(13-2,10(14)15)7-16-9-5-3-4-8(12)6-9/h3-6,13H,7H2,1-2H3,(H,14,15). The van der Waals surface area contributed by atoms with E-state index in [1.807, 2.05) is 0 Å². The van der Waals surface area contributed by atoms with Gasteiger partial charge in [-0.25, -0.2) is 4.39 Å². The van der Waals surface area contributed by atoms with Crippen molar-refractivity contribution >= 4 is 17.7 Å². The molecule has 0 saturated carbocycles. The second-order valence-electron chi connectivity index (χ2n) is 3.63. The highest BCUT2D eigenvalue weighted by molar-refractivity contribution is 7.99. The topological polar surface area (TPSA) is 49.3 Å². The maximum Gasteiger partial charge on any atom is 0.324 e. The third-order valence-electron chi connectivity index (χ3n) is 2.35. The van der Waals surface area contributed by atoms with Crippen LogP contribution in [0.3, 0.4) is 0 Å². The molecule has 1 aromatic rings. The molecular formula is C11H14FNO2S. The van der Waals surface area contributed by atoms with Gasteiger partial charge in [0, 0.05) is 10.6 Å². The minimum Gasteiger partial charge on any atom is -0.480 e. The molecule has 0 aliphatic heterocycles. The zero-order chi connectivity index (χ0) is 12.2. The number of thioether (sulfide) groups is 1. The number of carboxylic acids is 1. The molecule has 1 aromatic carbocycles. The van der Waals surface area contributed by atoms with Crippen molar-refractivity contribution in [3.63, 3.8) is 0 Å². The Labute approximate surface area is 98.1 Å². The number of likely N-dealkylation sites (N-methyl/N-ethyl adjacent to an activating group) is 1. The van der Waals surface area contributed by atoms with Crippen LogP contribution in [-0.4, -0.2) is 29.4 Å². The Morgan fingerprint density at radius 1 is 1.62 bits per heavy atom. The Hall–Kier alpha value is -1.07. The van der Waals surface area contributed by atoms with Gasteiger partial charge in [0.05, 0.1) is 0 Å². The smallest absolute Gasteiger partial charge is 0.324 e. The summed E-state index contributed by atoms with van der Waals surface area (Å²) in [7, 11) is 1.60. The maximum atomic E-state index is 12.9. The summed E-state index contributed by atoms with van der Waals surface area (Å²) in [6, 6.07) is 6.11. The van der Waals surface area contributed by atoms with Crippen LogP contribution < -0.4 is 5.32 Å². The van der Waals surface area contributed by atoms with Crippen LogP contribution in [-0.2, 0) is 4.79 Å². The second-order valence-corrected chi connectivity index (χ2v) is 4.68. The highest BCUT2D eigenvalue weighted by Crippen LogP contribution is 2.23. The van der Waals surface area contributed by atoms with Crippen LogP contribution in [0.4, 0.5) is 4.39 Å². The average molecular weight is 243 g/mol. The molecule has 1 unspecified atom stereocenters.